The highest BCUT2D eigenvalue weighted by Gasteiger charge is 2.31. The van der Waals surface area contributed by atoms with Crippen molar-refractivity contribution in [2.45, 2.75) is 25.9 Å². The van der Waals surface area contributed by atoms with Gasteiger partial charge in [0.1, 0.15) is 18.1 Å². The van der Waals surface area contributed by atoms with Gasteiger partial charge < -0.3 is 10.0 Å². The van der Waals surface area contributed by atoms with Crippen molar-refractivity contribution in [3.8, 4) is 0 Å². The van der Waals surface area contributed by atoms with Gasteiger partial charge in [-0.2, -0.15) is 4.98 Å². The molecule has 0 fully saturated rings. The molecule has 1 aromatic carbocycles. The maximum Gasteiger partial charge on any atom is 0.329 e. The molecule has 1 aromatic heterocycles. The van der Waals surface area contributed by atoms with E-state index in [1.807, 2.05) is 0 Å². The number of carbonyl (C=O) groups is 1. The molecule has 132 valence electrons. The number of carboxylic acid groups (broad SMARTS) is 1. The van der Waals surface area contributed by atoms with E-state index in [2.05, 4.69) is 9.97 Å². The van der Waals surface area contributed by atoms with Gasteiger partial charge in [-0.25, -0.2) is 14.2 Å². The van der Waals surface area contributed by atoms with Crippen molar-refractivity contribution in [3.63, 3.8) is 0 Å². The highest BCUT2D eigenvalue weighted by molar-refractivity contribution is 6.28. The first kappa shape index (κ1) is 18.5. The van der Waals surface area contributed by atoms with Gasteiger partial charge in [0.25, 0.3) is 0 Å². The normalized spacial score (nSPS) is 11.8. The van der Waals surface area contributed by atoms with Crippen LogP contribution < -0.4 is 4.90 Å². The Morgan fingerprint density at radius 2 is 2.08 bits per heavy atom. The molecule has 8 nitrogen and oxygen atoms in total. The standard InChI is InChI=1S/C15H14ClFN4O4/c1-2-11(14(22)23)20(8-9-3-5-10(17)6-4-9)13-12(21(24)25)7-18-15(16)19-13/h3-7,11H,2,8H2,1H3,(H,22,23)/t11-/m1/s1. The molecule has 10 heteroatoms. The molecule has 0 radical (unpaired) electrons. The van der Waals surface area contributed by atoms with E-state index in [-0.39, 0.29) is 24.1 Å². The molecule has 0 amide bonds. The fourth-order valence-electron chi connectivity index (χ4n) is 2.33. The van der Waals surface area contributed by atoms with Crippen LogP contribution >= 0.6 is 11.6 Å². The third kappa shape index (κ3) is 4.38. The van der Waals surface area contributed by atoms with Gasteiger partial charge in [-0.05, 0) is 35.7 Å². The van der Waals surface area contributed by atoms with Gasteiger partial charge in [0.05, 0.1) is 4.92 Å². The zero-order valence-corrected chi connectivity index (χ0v) is 13.9. The predicted octanol–water partition coefficient (Wildman–Crippen LogP) is 3.05. The van der Waals surface area contributed by atoms with Crippen LogP contribution in [0.4, 0.5) is 15.9 Å². The number of benzene rings is 1. The van der Waals surface area contributed by atoms with Crippen LogP contribution in [0.15, 0.2) is 30.5 Å². The molecule has 25 heavy (non-hydrogen) atoms. The maximum absolute atomic E-state index is 13.1. The van der Waals surface area contributed by atoms with E-state index >= 15 is 0 Å². The van der Waals surface area contributed by atoms with Gasteiger partial charge in [-0.1, -0.05) is 19.1 Å². The number of halogens is 2. The lowest BCUT2D eigenvalue weighted by Crippen LogP contribution is -2.41. The average molecular weight is 369 g/mol. The minimum absolute atomic E-state index is 0.0285. The molecule has 0 aliphatic rings. The van der Waals surface area contributed by atoms with Crippen molar-refractivity contribution in [2.24, 2.45) is 0 Å². The van der Waals surface area contributed by atoms with Crippen molar-refractivity contribution >= 4 is 29.1 Å². The fraction of sp³-hybridized carbons (Fsp3) is 0.267. The molecule has 1 heterocycles. The number of aromatic nitrogens is 2. The van der Waals surface area contributed by atoms with Crippen molar-refractivity contribution in [1.29, 1.82) is 0 Å². The smallest absolute Gasteiger partial charge is 0.329 e. The number of hydrogen-bond acceptors (Lipinski definition) is 6. The highest BCUT2D eigenvalue weighted by atomic mass is 35.5. The molecule has 0 unspecified atom stereocenters. The van der Waals surface area contributed by atoms with Crippen LogP contribution in [-0.2, 0) is 11.3 Å². The van der Waals surface area contributed by atoms with Gasteiger partial charge in [0.2, 0.25) is 11.1 Å². The molecule has 0 bridgehead atoms. The molecule has 2 aromatic rings. The Morgan fingerprint density at radius 3 is 2.60 bits per heavy atom. The van der Waals surface area contributed by atoms with E-state index in [4.69, 9.17) is 11.6 Å². The monoisotopic (exact) mass is 368 g/mol. The first-order chi connectivity index (χ1) is 11.8. The van der Waals surface area contributed by atoms with Gasteiger partial charge >= 0.3 is 11.7 Å². The number of anilines is 1. The van der Waals surface area contributed by atoms with Gasteiger partial charge in [0.15, 0.2) is 0 Å². The summed E-state index contributed by atoms with van der Waals surface area (Å²) in [6, 6.07) is 4.28. The second kappa shape index (κ2) is 7.84. The van der Waals surface area contributed by atoms with Gasteiger partial charge in [-0.15, -0.1) is 0 Å². The first-order valence-electron chi connectivity index (χ1n) is 7.24. The summed E-state index contributed by atoms with van der Waals surface area (Å²) in [6.45, 7) is 1.60. The SMILES string of the molecule is CC[C@H](C(=O)O)N(Cc1ccc(F)cc1)c1nc(Cl)ncc1[N+](=O)[O-]. The van der Waals surface area contributed by atoms with E-state index in [0.29, 0.717) is 5.56 Å². The Kier molecular flexibility index (Phi) is 5.81. The number of carboxylic acids is 1. The summed E-state index contributed by atoms with van der Waals surface area (Å²) in [6.07, 6.45) is 1.09. The number of rotatable bonds is 7. The Morgan fingerprint density at radius 1 is 1.44 bits per heavy atom. The molecular formula is C15H14ClFN4O4. The average Bonchev–Trinajstić information content (AvgIpc) is 2.55. The zero-order chi connectivity index (χ0) is 18.6. The second-order valence-electron chi connectivity index (χ2n) is 5.12. The summed E-state index contributed by atoms with van der Waals surface area (Å²) in [5, 5.41) is 20.5. The molecule has 1 N–H and O–H groups in total. The number of nitrogens with zero attached hydrogens (tertiary/aromatic N) is 4. The minimum atomic E-state index is -1.17. The Balaban J connectivity index is 2.55. The molecule has 0 aliphatic carbocycles. The summed E-state index contributed by atoms with van der Waals surface area (Å²) in [5.41, 5.74) is 0.0938. The molecular weight excluding hydrogens is 355 g/mol. The summed E-state index contributed by atoms with van der Waals surface area (Å²) in [7, 11) is 0. The van der Waals surface area contributed by atoms with Crippen molar-refractivity contribution in [3.05, 3.63) is 57.2 Å². The number of nitro groups is 1. The van der Waals surface area contributed by atoms with Crippen LogP contribution in [-0.4, -0.2) is 32.0 Å². The lowest BCUT2D eigenvalue weighted by Gasteiger charge is -2.29. The topological polar surface area (TPSA) is 109 Å². The second-order valence-corrected chi connectivity index (χ2v) is 5.46. The van der Waals surface area contributed by atoms with Crippen molar-refractivity contribution < 1.29 is 19.2 Å². The van der Waals surface area contributed by atoms with Crippen LogP contribution in [0.25, 0.3) is 0 Å². The predicted molar refractivity (Wildman–Crippen MR) is 88.0 cm³/mol. The summed E-state index contributed by atoms with van der Waals surface area (Å²) in [4.78, 5) is 30.9. The Hall–Kier alpha value is -2.81. The third-order valence-electron chi connectivity index (χ3n) is 3.50. The highest BCUT2D eigenvalue weighted by Crippen LogP contribution is 2.30. The molecule has 2 rings (SSSR count). The number of hydrogen-bond donors (Lipinski definition) is 1. The summed E-state index contributed by atoms with van der Waals surface area (Å²) < 4.78 is 13.1. The van der Waals surface area contributed by atoms with Crippen LogP contribution in [0, 0.1) is 15.9 Å². The molecule has 0 spiro atoms. The van der Waals surface area contributed by atoms with E-state index < -0.39 is 28.4 Å². The Labute approximate surface area is 147 Å². The van der Waals surface area contributed by atoms with Gasteiger partial charge in [0, 0.05) is 6.54 Å². The van der Waals surface area contributed by atoms with E-state index in [9.17, 15) is 24.4 Å². The Bertz CT molecular complexity index is 788. The van der Waals surface area contributed by atoms with Crippen LogP contribution in [0.2, 0.25) is 5.28 Å². The molecule has 0 aliphatic heterocycles. The molecule has 0 saturated heterocycles. The van der Waals surface area contributed by atoms with E-state index in [0.717, 1.165) is 6.20 Å². The largest absolute Gasteiger partial charge is 0.480 e. The number of aliphatic carboxylic acids is 1. The minimum Gasteiger partial charge on any atom is -0.480 e. The van der Waals surface area contributed by atoms with Crippen molar-refractivity contribution in [1.82, 2.24) is 9.97 Å². The quantitative estimate of drug-likeness (QED) is 0.454. The third-order valence-corrected chi connectivity index (χ3v) is 3.69. The summed E-state index contributed by atoms with van der Waals surface area (Å²) in [5.74, 6) is -1.83. The van der Waals surface area contributed by atoms with E-state index in [1.165, 1.54) is 29.2 Å². The molecule has 1 atom stereocenters. The van der Waals surface area contributed by atoms with Crippen LogP contribution in [0.3, 0.4) is 0 Å². The molecule has 0 saturated carbocycles. The van der Waals surface area contributed by atoms with Crippen molar-refractivity contribution in [2.75, 3.05) is 4.90 Å². The maximum atomic E-state index is 13.1. The van der Waals surface area contributed by atoms with Crippen LogP contribution in [0.1, 0.15) is 18.9 Å². The van der Waals surface area contributed by atoms with Crippen LogP contribution in [0.5, 0.6) is 0 Å². The lowest BCUT2D eigenvalue weighted by atomic mass is 10.1. The zero-order valence-electron chi connectivity index (χ0n) is 13.1. The lowest BCUT2D eigenvalue weighted by molar-refractivity contribution is -0.384. The first-order valence-corrected chi connectivity index (χ1v) is 7.62. The fourth-order valence-corrected chi connectivity index (χ4v) is 2.46. The van der Waals surface area contributed by atoms with Gasteiger partial charge in [-0.3, -0.25) is 10.1 Å². The van der Waals surface area contributed by atoms with E-state index in [1.54, 1.807) is 6.92 Å². The summed E-state index contributed by atoms with van der Waals surface area (Å²) >= 11 is 5.75.